The molecule has 0 spiro atoms. The Morgan fingerprint density at radius 1 is 1.25 bits per heavy atom. The summed E-state index contributed by atoms with van der Waals surface area (Å²) in [4.78, 5) is 2.61. The smallest absolute Gasteiger partial charge is 0.0599 e. The number of nitrogens with one attached hydrogen (secondary N) is 1. The van der Waals surface area contributed by atoms with E-state index in [1.165, 1.54) is 45.3 Å². The Morgan fingerprint density at radius 2 is 1.94 bits per heavy atom. The van der Waals surface area contributed by atoms with Crippen LogP contribution >= 0.6 is 0 Å². The van der Waals surface area contributed by atoms with Gasteiger partial charge >= 0.3 is 0 Å². The minimum absolute atomic E-state index is 0.523. The topological polar surface area (TPSA) is 24.5 Å². The lowest BCUT2D eigenvalue weighted by Gasteiger charge is -2.34. The van der Waals surface area contributed by atoms with E-state index in [-0.39, 0.29) is 0 Å². The Morgan fingerprint density at radius 3 is 2.44 bits per heavy atom. The minimum atomic E-state index is 0.523. The molecule has 2 aliphatic rings. The van der Waals surface area contributed by atoms with Crippen molar-refractivity contribution in [3.63, 3.8) is 0 Å². The van der Waals surface area contributed by atoms with Crippen LogP contribution in [-0.4, -0.2) is 50.3 Å². The second-order valence-electron chi connectivity index (χ2n) is 5.19. The van der Waals surface area contributed by atoms with Gasteiger partial charge in [0.15, 0.2) is 0 Å². The predicted molar refractivity (Wildman–Crippen MR) is 66.7 cm³/mol. The first-order valence-corrected chi connectivity index (χ1v) is 6.84. The van der Waals surface area contributed by atoms with Crippen molar-refractivity contribution in [2.45, 2.75) is 44.8 Å². The number of likely N-dealkylation sites (N-methyl/N-ethyl adjacent to an activating group) is 1. The standard InChI is InChI=1S/C13H26N2O/c1-3-16-12-6-8-15(9-7-12)10-13(14-2)11-4-5-11/h11-14H,3-10H2,1-2H3. The molecule has 94 valence electrons. The van der Waals surface area contributed by atoms with Crippen LogP contribution in [0.25, 0.3) is 0 Å². The highest BCUT2D eigenvalue weighted by atomic mass is 16.5. The summed E-state index contributed by atoms with van der Waals surface area (Å²) < 4.78 is 5.68. The van der Waals surface area contributed by atoms with Crippen LogP contribution in [0.3, 0.4) is 0 Å². The second kappa shape index (κ2) is 5.99. The molecule has 0 bridgehead atoms. The molecule has 0 aromatic carbocycles. The Hall–Kier alpha value is -0.120. The van der Waals surface area contributed by atoms with E-state index in [0.29, 0.717) is 6.10 Å². The van der Waals surface area contributed by atoms with Crippen molar-refractivity contribution in [3.8, 4) is 0 Å². The van der Waals surface area contributed by atoms with Gasteiger partial charge in [-0.1, -0.05) is 0 Å². The second-order valence-corrected chi connectivity index (χ2v) is 5.19. The molecular weight excluding hydrogens is 200 g/mol. The fourth-order valence-corrected chi connectivity index (χ4v) is 2.75. The van der Waals surface area contributed by atoms with Gasteiger partial charge < -0.3 is 15.0 Å². The van der Waals surface area contributed by atoms with Gasteiger partial charge in [0.2, 0.25) is 0 Å². The van der Waals surface area contributed by atoms with Crippen LogP contribution in [0.1, 0.15) is 32.6 Å². The molecule has 1 aliphatic carbocycles. The Balaban J connectivity index is 1.67. The van der Waals surface area contributed by atoms with Crippen molar-refractivity contribution in [1.29, 1.82) is 0 Å². The third-order valence-electron chi connectivity index (χ3n) is 3.95. The Bertz CT molecular complexity index is 198. The predicted octanol–water partition coefficient (Wildman–Crippen LogP) is 1.49. The average Bonchev–Trinajstić information content (AvgIpc) is 3.12. The first kappa shape index (κ1) is 12.3. The lowest BCUT2D eigenvalue weighted by atomic mass is 10.1. The number of nitrogens with zero attached hydrogens (tertiary/aromatic N) is 1. The normalized spacial score (nSPS) is 25.9. The molecule has 16 heavy (non-hydrogen) atoms. The monoisotopic (exact) mass is 226 g/mol. The number of piperidine rings is 1. The maximum atomic E-state index is 5.68. The van der Waals surface area contributed by atoms with Crippen LogP contribution in [0.2, 0.25) is 0 Å². The molecule has 0 aromatic rings. The zero-order chi connectivity index (χ0) is 11.4. The van der Waals surface area contributed by atoms with Crippen LogP contribution in [-0.2, 0) is 4.74 Å². The van der Waals surface area contributed by atoms with Crippen molar-refractivity contribution in [3.05, 3.63) is 0 Å². The summed E-state index contributed by atoms with van der Waals surface area (Å²) in [5.74, 6) is 0.953. The summed E-state index contributed by atoms with van der Waals surface area (Å²) in [5, 5.41) is 3.47. The molecule has 0 radical (unpaired) electrons. The van der Waals surface area contributed by atoms with E-state index in [4.69, 9.17) is 4.74 Å². The fraction of sp³-hybridized carbons (Fsp3) is 1.00. The van der Waals surface area contributed by atoms with Crippen molar-refractivity contribution in [2.75, 3.05) is 33.3 Å². The maximum absolute atomic E-state index is 5.68. The van der Waals surface area contributed by atoms with E-state index >= 15 is 0 Å². The van der Waals surface area contributed by atoms with E-state index < -0.39 is 0 Å². The maximum Gasteiger partial charge on any atom is 0.0599 e. The fourth-order valence-electron chi connectivity index (χ4n) is 2.75. The molecule has 1 N–H and O–H groups in total. The summed E-state index contributed by atoms with van der Waals surface area (Å²) in [6, 6.07) is 0.726. The van der Waals surface area contributed by atoms with Crippen LogP contribution < -0.4 is 5.32 Å². The number of hydrogen-bond acceptors (Lipinski definition) is 3. The van der Waals surface area contributed by atoms with Crippen molar-refractivity contribution in [1.82, 2.24) is 10.2 Å². The lowest BCUT2D eigenvalue weighted by molar-refractivity contribution is 0.0121. The van der Waals surface area contributed by atoms with Crippen LogP contribution in [0.5, 0.6) is 0 Å². The third kappa shape index (κ3) is 3.44. The van der Waals surface area contributed by atoms with Gasteiger partial charge in [-0.2, -0.15) is 0 Å². The zero-order valence-corrected chi connectivity index (χ0v) is 10.7. The van der Waals surface area contributed by atoms with E-state index in [9.17, 15) is 0 Å². The molecule has 0 amide bonds. The minimum Gasteiger partial charge on any atom is -0.378 e. The Labute approximate surface area is 99.5 Å². The van der Waals surface area contributed by atoms with Gasteiger partial charge in [-0.25, -0.2) is 0 Å². The van der Waals surface area contributed by atoms with Crippen molar-refractivity contribution < 1.29 is 4.74 Å². The molecule has 2 rings (SSSR count). The molecule has 0 aromatic heterocycles. The van der Waals surface area contributed by atoms with Gasteiger partial charge in [-0.15, -0.1) is 0 Å². The van der Waals surface area contributed by atoms with Crippen molar-refractivity contribution >= 4 is 0 Å². The molecule has 2 fully saturated rings. The summed E-state index contributed by atoms with van der Waals surface area (Å²) in [6.07, 6.45) is 5.82. The molecule has 1 saturated carbocycles. The highest BCUT2D eigenvalue weighted by Gasteiger charge is 2.32. The van der Waals surface area contributed by atoms with Gasteiger partial charge in [-0.05, 0) is 45.6 Å². The zero-order valence-electron chi connectivity index (χ0n) is 10.7. The summed E-state index contributed by atoms with van der Waals surface area (Å²) >= 11 is 0. The first-order chi connectivity index (χ1) is 7.83. The van der Waals surface area contributed by atoms with E-state index in [0.717, 1.165) is 18.6 Å². The van der Waals surface area contributed by atoms with Gasteiger partial charge in [-0.3, -0.25) is 0 Å². The summed E-state index contributed by atoms with van der Waals surface area (Å²) in [7, 11) is 2.11. The van der Waals surface area contributed by atoms with Crippen LogP contribution in [0, 0.1) is 5.92 Å². The first-order valence-electron chi connectivity index (χ1n) is 6.84. The molecule has 3 heteroatoms. The number of hydrogen-bond donors (Lipinski definition) is 1. The molecule has 3 nitrogen and oxygen atoms in total. The third-order valence-corrected chi connectivity index (χ3v) is 3.95. The van der Waals surface area contributed by atoms with Crippen LogP contribution in [0.4, 0.5) is 0 Å². The average molecular weight is 226 g/mol. The Kier molecular flexibility index (Phi) is 4.62. The molecule has 1 aliphatic heterocycles. The largest absolute Gasteiger partial charge is 0.378 e. The quantitative estimate of drug-likeness (QED) is 0.742. The van der Waals surface area contributed by atoms with Crippen molar-refractivity contribution in [2.24, 2.45) is 5.92 Å². The summed E-state index contributed by atoms with van der Waals surface area (Å²) in [6.45, 7) is 6.63. The molecule has 1 unspecified atom stereocenters. The molecule has 1 atom stereocenters. The molecule has 1 saturated heterocycles. The van der Waals surface area contributed by atoms with E-state index in [1.807, 2.05) is 0 Å². The van der Waals surface area contributed by atoms with Gasteiger partial charge in [0.1, 0.15) is 0 Å². The van der Waals surface area contributed by atoms with Gasteiger partial charge in [0.25, 0.3) is 0 Å². The SMILES string of the molecule is CCOC1CCN(CC(NC)C2CC2)CC1. The number of likely N-dealkylation sites (tertiary alicyclic amines) is 1. The van der Waals surface area contributed by atoms with E-state index in [1.54, 1.807) is 0 Å². The molecule has 1 heterocycles. The van der Waals surface area contributed by atoms with Crippen LogP contribution in [0.15, 0.2) is 0 Å². The summed E-state index contributed by atoms with van der Waals surface area (Å²) in [5.41, 5.74) is 0. The highest BCUT2D eigenvalue weighted by molar-refractivity contribution is 4.88. The lowest BCUT2D eigenvalue weighted by Crippen LogP contribution is -2.45. The highest BCUT2D eigenvalue weighted by Crippen LogP contribution is 2.33. The number of ether oxygens (including phenoxy) is 1. The molecular formula is C13H26N2O. The van der Waals surface area contributed by atoms with Gasteiger partial charge in [0.05, 0.1) is 6.10 Å². The van der Waals surface area contributed by atoms with E-state index in [2.05, 4.69) is 24.2 Å². The number of rotatable bonds is 6. The van der Waals surface area contributed by atoms with Gasteiger partial charge in [0, 0.05) is 32.3 Å².